The fourth-order valence-corrected chi connectivity index (χ4v) is 2.45. The minimum Gasteiger partial charge on any atom is -0.370 e. The van der Waals surface area contributed by atoms with Crippen LogP contribution in [-0.2, 0) is 4.79 Å². The molecule has 106 valence electrons. The summed E-state index contributed by atoms with van der Waals surface area (Å²) in [6, 6.07) is 8.91. The zero-order valence-electron chi connectivity index (χ0n) is 11.0. The van der Waals surface area contributed by atoms with E-state index in [0.29, 0.717) is 16.4 Å². The Morgan fingerprint density at radius 1 is 1.14 bits per heavy atom. The summed E-state index contributed by atoms with van der Waals surface area (Å²) in [7, 11) is 0. The number of nitrogens with zero attached hydrogens (tertiary/aromatic N) is 1. The predicted octanol–water partition coefficient (Wildman–Crippen LogP) is 2.82. The van der Waals surface area contributed by atoms with Gasteiger partial charge in [-0.1, -0.05) is 11.6 Å². The number of fused-ring (bicyclic) bond motifs is 3. The van der Waals surface area contributed by atoms with E-state index in [1.54, 1.807) is 18.2 Å². The number of halogens is 1. The molecule has 21 heavy (non-hydrogen) atoms. The number of primary amides is 1. The lowest BCUT2D eigenvalue weighted by Crippen LogP contribution is -2.12. The second-order valence-electron chi connectivity index (χ2n) is 4.80. The summed E-state index contributed by atoms with van der Waals surface area (Å²) >= 11 is 5.87. The number of pyridine rings is 1. The van der Waals surface area contributed by atoms with E-state index in [1.807, 2.05) is 12.1 Å². The molecule has 2 heterocycles. The van der Waals surface area contributed by atoms with Crippen LogP contribution in [0.4, 0.5) is 0 Å². The Balaban J connectivity index is 2.04. The molecule has 6 heteroatoms. The molecule has 0 aliphatic heterocycles. The first-order valence-corrected chi connectivity index (χ1v) is 6.82. The molecule has 0 unspecified atom stereocenters. The zero-order chi connectivity index (χ0) is 15.0. The normalized spacial score (nSPS) is 11.1. The maximum Gasteiger partial charge on any atom is 0.217 e. The Bertz CT molecular complexity index is 870. The smallest absolute Gasteiger partial charge is 0.217 e. The van der Waals surface area contributed by atoms with Gasteiger partial charge >= 0.3 is 0 Å². The number of benzene rings is 1. The number of Topliss-reactive ketones (excluding diaryl/α,β-unsaturated/α-hetero) is 1. The number of aromatic amines is 1. The molecule has 3 aromatic rings. The summed E-state index contributed by atoms with van der Waals surface area (Å²) in [5.41, 5.74) is 7.18. The molecule has 0 bridgehead atoms. The number of hydrogen-bond donors (Lipinski definition) is 2. The van der Waals surface area contributed by atoms with E-state index in [2.05, 4.69) is 9.97 Å². The maximum absolute atomic E-state index is 12.1. The number of H-pyrrole nitrogens is 1. The summed E-state index contributed by atoms with van der Waals surface area (Å²) in [5, 5.41) is 2.21. The van der Waals surface area contributed by atoms with Crippen molar-refractivity contribution in [3.05, 3.63) is 41.0 Å². The van der Waals surface area contributed by atoms with Gasteiger partial charge in [0.25, 0.3) is 0 Å². The second kappa shape index (κ2) is 5.18. The molecule has 3 rings (SSSR count). The molecule has 0 aliphatic carbocycles. The molecular weight excluding hydrogens is 290 g/mol. The van der Waals surface area contributed by atoms with Crippen molar-refractivity contribution in [3.63, 3.8) is 0 Å². The fourth-order valence-electron chi connectivity index (χ4n) is 2.31. The average Bonchev–Trinajstić information content (AvgIpc) is 2.80. The minimum absolute atomic E-state index is 0.0575. The highest BCUT2D eigenvalue weighted by atomic mass is 35.5. The van der Waals surface area contributed by atoms with Gasteiger partial charge in [0.1, 0.15) is 10.8 Å². The van der Waals surface area contributed by atoms with E-state index in [1.165, 1.54) is 0 Å². The van der Waals surface area contributed by atoms with Crippen LogP contribution in [0.1, 0.15) is 23.2 Å². The molecule has 0 aliphatic rings. The number of aromatic nitrogens is 2. The van der Waals surface area contributed by atoms with Crippen LogP contribution in [0.2, 0.25) is 5.15 Å². The van der Waals surface area contributed by atoms with Crippen LogP contribution in [-0.4, -0.2) is 21.7 Å². The number of nitrogens with one attached hydrogen (secondary N) is 1. The summed E-state index contributed by atoms with van der Waals surface area (Å²) in [5.74, 6) is -0.581. The molecule has 0 fully saturated rings. The first-order chi connectivity index (χ1) is 10.0. The lowest BCUT2D eigenvalue weighted by Gasteiger charge is -2.00. The van der Waals surface area contributed by atoms with Crippen molar-refractivity contribution >= 4 is 45.2 Å². The Morgan fingerprint density at radius 3 is 2.71 bits per heavy atom. The highest BCUT2D eigenvalue weighted by Crippen LogP contribution is 2.26. The number of rotatable bonds is 4. The standard InChI is InChI=1S/C15H12ClN3O2/c16-13-5-2-9-10-7-8(12(20)4-6-14(17)21)1-3-11(10)18-15(9)19-13/h1-3,5,7H,4,6H2,(H2,17,21)(H,18,19). The highest BCUT2D eigenvalue weighted by molar-refractivity contribution is 6.30. The fraction of sp³-hybridized carbons (Fsp3) is 0.133. The third kappa shape index (κ3) is 2.60. The number of nitrogens with two attached hydrogens (primary N) is 1. The Morgan fingerprint density at radius 2 is 1.95 bits per heavy atom. The third-order valence-corrected chi connectivity index (χ3v) is 3.56. The summed E-state index contributed by atoms with van der Waals surface area (Å²) in [6.07, 6.45) is 0.176. The van der Waals surface area contributed by atoms with Crippen molar-refractivity contribution in [2.24, 2.45) is 5.73 Å². The summed E-state index contributed by atoms with van der Waals surface area (Å²) in [6.45, 7) is 0. The van der Waals surface area contributed by atoms with Crippen molar-refractivity contribution in [1.82, 2.24) is 9.97 Å². The van der Waals surface area contributed by atoms with Gasteiger partial charge in [-0.3, -0.25) is 9.59 Å². The number of carbonyl (C=O) groups excluding carboxylic acids is 2. The van der Waals surface area contributed by atoms with Crippen molar-refractivity contribution in [2.75, 3.05) is 0 Å². The largest absolute Gasteiger partial charge is 0.370 e. The predicted molar refractivity (Wildman–Crippen MR) is 81.4 cm³/mol. The van der Waals surface area contributed by atoms with Gasteiger partial charge in [0.05, 0.1) is 0 Å². The molecular formula is C15H12ClN3O2. The SMILES string of the molecule is NC(=O)CCC(=O)c1ccc2[nH]c3nc(Cl)ccc3c2c1. The van der Waals surface area contributed by atoms with Gasteiger partial charge in [0.15, 0.2) is 5.78 Å². The van der Waals surface area contributed by atoms with Gasteiger partial charge in [-0.2, -0.15) is 0 Å². The molecule has 0 radical (unpaired) electrons. The van der Waals surface area contributed by atoms with Gasteiger partial charge in [-0.15, -0.1) is 0 Å². The van der Waals surface area contributed by atoms with Crippen molar-refractivity contribution in [2.45, 2.75) is 12.8 Å². The summed E-state index contributed by atoms with van der Waals surface area (Å²) in [4.78, 5) is 30.2. The van der Waals surface area contributed by atoms with Crippen LogP contribution in [0.15, 0.2) is 30.3 Å². The first kappa shape index (κ1) is 13.6. The Labute approximate surface area is 125 Å². The monoisotopic (exact) mass is 301 g/mol. The van der Waals surface area contributed by atoms with Gasteiger partial charge in [-0.05, 0) is 30.3 Å². The number of hydrogen-bond acceptors (Lipinski definition) is 3. The van der Waals surface area contributed by atoms with E-state index < -0.39 is 5.91 Å². The van der Waals surface area contributed by atoms with Crippen molar-refractivity contribution < 1.29 is 9.59 Å². The summed E-state index contributed by atoms with van der Waals surface area (Å²) < 4.78 is 0. The Hall–Kier alpha value is -2.40. The molecule has 1 amide bonds. The molecule has 3 N–H and O–H groups in total. The molecule has 2 aromatic heterocycles. The van der Waals surface area contributed by atoms with Crippen molar-refractivity contribution in [1.29, 1.82) is 0 Å². The van der Waals surface area contributed by atoms with Crippen LogP contribution in [0, 0.1) is 0 Å². The molecule has 0 atom stereocenters. The minimum atomic E-state index is -0.477. The van der Waals surface area contributed by atoms with Crippen LogP contribution in [0.5, 0.6) is 0 Å². The maximum atomic E-state index is 12.1. The second-order valence-corrected chi connectivity index (χ2v) is 5.19. The zero-order valence-corrected chi connectivity index (χ0v) is 11.8. The van der Waals surface area contributed by atoms with Gasteiger partial charge in [0, 0.05) is 34.7 Å². The van der Waals surface area contributed by atoms with E-state index in [9.17, 15) is 9.59 Å². The lowest BCUT2D eigenvalue weighted by molar-refractivity contribution is -0.118. The number of carbonyl (C=O) groups is 2. The Kier molecular flexibility index (Phi) is 3.35. The van der Waals surface area contributed by atoms with E-state index in [4.69, 9.17) is 17.3 Å². The number of amides is 1. The van der Waals surface area contributed by atoms with Crippen LogP contribution in [0.3, 0.4) is 0 Å². The molecule has 0 saturated carbocycles. The lowest BCUT2D eigenvalue weighted by atomic mass is 10.0. The molecule has 0 saturated heterocycles. The van der Waals surface area contributed by atoms with Crippen molar-refractivity contribution in [3.8, 4) is 0 Å². The molecule has 1 aromatic carbocycles. The quantitative estimate of drug-likeness (QED) is 0.573. The van der Waals surface area contributed by atoms with E-state index >= 15 is 0 Å². The van der Waals surface area contributed by atoms with Gasteiger partial charge in [-0.25, -0.2) is 4.98 Å². The topological polar surface area (TPSA) is 88.8 Å². The van der Waals surface area contributed by atoms with Crippen LogP contribution >= 0.6 is 11.6 Å². The van der Waals surface area contributed by atoms with E-state index in [-0.39, 0.29) is 18.6 Å². The highest BCUT2D eigenvalue weighted by Gasteiger charge is 2.11. The van der Waals surface area contributed by atoms with Gasteiger partial charge < -0.3 is 10.7 Å². The van der Waals surface area contributed by atoms with Crippen LogP contribution in [0.25, 0.3) is 21.9 Å². The van der Waals surface area contributed by atoms with Crippen LogP contribution < -0.4 is 5.73 Å². The molecule has 5 nitrogen and oxygen atoms in total. The van der Waals surface area contributed by atoms with E-state index in [0.717, 1.165) is 16.3 Å². The number of ketones is 1. The average molecular weight is 302 g/mol. The molecule has 0 spiro atoms. The third-order valence-electron chi connectivity index (χ3n) is 3.34. The van der Waals surface area contributed by atoms with Gasteiger partial charge in [0.2, 0.25) is 5.91 Å². The first-order valence-electron chi connectivity index (χ1n) is 6.44.